The highest BCUT2D eigenvalue weighted by Crippen LogP contribution is 2.22. The molecule has 0 unspecified atom stereocenters. The SMILES string of the molecule is CCN(CC)c1ccc(NCCC(=O)NCCc2ccccc2F)c(C)c1. The van der Waals surface area contributed by atoms with Gasteiger partial charge in [0.15, 0.2) is 0 Å². The zero-order valence-electron chi connectivity index (χ0n) is 16.5. The van der Waals surface area contributed by atoms with Crippen molar-refractivity contribution in [1.29, 1.82) is 0 Å². The standard InChI is InChI=1S/C22H30FN3O/c1-4-26(5-2)19-10-11-21(17(3)16-19)24-15-13-22(27)25-14-12-18-8-6-7-9-20(18)23/h6-11,16,24H,4-5,12-15H2,1-3H3,(H,25,27). The summed E-state index contributed by atoms with van der Waals surface area (Å²) in [6.07, 6.45) is 0.881. The van der Waals surface area contributed by atoms with Crippen LogP contribution in [0.25, 0.3) is 0 Å². The molecule has 2 rings (SSSR count). The van der Waals surface area contributed by atoms with Gasteiger partial charge in [0.05, 0.1) is 0 Å². The van der Waals surface area contributed by atoms with Crippen LogP contribution in [-0.2, 0) is 11.2 Å². The third-order valence-corrected chi connectivity index (χ3v) is 4.68. The molecular weight excluding hydrogens is 341 g/mol. The fourth-order valence-corrected chi connectivity index (χ4v) is 3.07. The Bertz CT molecular complexity index is 744. The van der Waals surface area contributed by atoms with Crippen molar-refractivity contribution in [3.05, 3.63) is 59.4 Å². The number of rotatable bonds is 10. The van der Waals surface area contributed by atoms with Crippen molar-refractivity contribution in [3.63, 3.8) is 0 Å². The van der Waals surface area contributed by atoms with E-state index in [0.717, 1.165) is 18.8 Å². The second-order valence-corrected chi connectivity index (χ2v) is 6.54. The average molecular weight is 372 g/mol. The van der Waals surface area contributed by atoms with Gasteiger partial charge in [-0.05, 0) is 62.6 Å². The van der Waals surface area contributed by atoms with E-state index in [4.69, 9.17) is 0 Å². The third kappa shape index (κ3) is 6.27. The summed E-state index contributed by atoms with van der Waals surface area (Å²) < 4.78 is 13.5. The average Bonchev–Trinajstić information content (AvgIpc) is 2.66. The molecule has 2 aromatic rings. The summed E-state index contributed by atoms with van der Waals surface area (Å²) in [6.45, 7) is 9.34. The minimum Gasteiger partial charge on any atom is -0.384 e. The number of halogens is 1. The van der Waals surface area contributed by atoms with Crippen LogP contribution in [0, 0.1) is 12.7 Å². The maximum Gasteiger partial charge on any atom is 0.221 e. The molecule has 0 bridgehead atoms. The number of aryl methyl sites for hydroxylation is 1. The highest BCUT2D eigenvalue weighted by molar-refractivity contribution is 5.76. The van der Waals surface area contributed by atoms with Gasteiger partial charge in [0.1, 0.15) is 5.82 Å². The molecule has 0 saturated heterocycles. The number of nitrogens with one attached hydrogen (secondary N) is 2. The number of nitrogens with zero attached hydrogens (tertiary/aromatic N) is 1. The Morgan fingerprint density at radius 3 is 2.48 bits per heavy atom. The van der Waals surface area contributed by atoms with Crippen LogP contribution in [0.5, 0.6) is 0 Å². The topological polar surface area (TPSA) is 44.4 Å². The summed E-state index contributed by atoms with van der Waals surface area (Å²) in [5.41, 5.74) is 4.05. The number of anilines is 2. The van der Waals surface area contributed by atoms with Crippen LogP contribution in [0.1, 0.15) is 31.4 Å². The smallest absolute Gasteiger partial charge is 0.221 e. The number of benzene rings is 2. The highest BCUT2D eigenvalue weighted by atomic mass is 19.1. The van der Waals surface area contributed by atoms with Crippen LogP contribution in [0.4, 0.5) is 15.8 Å². The van der Waals surface area contributed by atoms with E-state index in [0.29, 0.717) is 31.5 Å². The Labute approximate surface area is 161 Å². The first-order valence-corrected chi connectivity index (χ1v) is 9.64. The Balaban J connectivity index is 1.74. The van der Waals surface area contributed by atoms with Gasteiger partial charge >= 0.3 is 0 Å². The largest absolute Gasteiger partial charge is 0.384 e. The van der Waals surface area contributed by atoms with Crippen LogP contribution in [0.15, 0.2) is 42.5 Å². The van der Waals surface area contributed by atoms with Crippen molar-refractivity contribution in [2.24, 2.45) is 0 Å². The minimum atomic E-state index is -0.225. The van der Waals surface area contributed by atoms with E-state index in [-0.39, 0.29) is 11.7 Å². The molecule has 5 heteroatoms. The molecule has 146 valence electrons. The van der Waals surface area contributed by atoms with E-state index in [1.807, 2.05) is 0 Å². The molecule has 0 spiro atoms. The maximum absolute atomic E-state index is 13.5. The number of hydrogen-bond acceptors (Lipinski definition) is 3. The van der Waals surface area contributed by atoms with Gasteiger partial charge in [-0.15, -0.1) is 0 Å². The Kier molecular flexibility index (Phi) is 8.11. The lowest BCUT2D eigenvalue weighted by Crippen LogP contribution is -2.27. The molecule has 2 N–H and O–H groups in total. The van der Waals surface area contributed by atoms with Gasteiger partial charge in [0, 0.05) is 44.0 Å². The summed E-state index contributed by atoms with van der Waals surface area (Å²) >= 11 is 0. The second-order valence-electron chi connectivity index (χ2n) is 6.54. The molecule has 2 aromatic carbocycles. The maximum atomic E-state index is 13.5. The van der Waals surface area contributed by atoms with E-state index in [9.17, 15) is 9.18 Å². The van der Waals surface area contributed by atoms with Crippen LogP contribution in [-0.4, -0.2) is 32.1 Å². The Morgan fingerprint density at radius 1 is 1.07 bits per heavy atom. The molecule has 0 saturated carbocycles. The van der Waals surface area contributed by atoms with Crippen molar-refractivity contribution in [2.45, 2.75) is 33.6 Å². The highest BCUT2D eigenvalue weighted by Gasteiger charge is 2.06. The van der Waals surface area contributed by atoms with Gasteiger partial charge < -0.3 is 15.5 Å². The van der Waals surface area contributed by atoms with E-state index >= 15 is 0 Å². The van der Waals surface area contributed by atoms with Crippen LogP contribution in [0.2, 0.25) is 0 Å². The zero-order chi connectivity index (χ0) is 19.6. The number of hydrogen-bond donors (Lipinski definition) is 2. The summed E-state index contributed by atoms with van der Waals surface area (Å²) in [7, 11) is 0. The molecule has 0 aliphatic carbocycles. The van der Waals surface area contributed by atoms with Crippen LogP contribution in [0.3, 0.4) is 0 Å². The van der Waals surface area contributed by atoms with E-state index < -0.39 is 0 Å². The second kappa shape index (κ2) is 10.6. The summed E-state index contributed by atoms with van der Waals surface area (Å²) in [5, 5.41) is 6.17. The lowest BCUT2D eigenvalue weighted by atomic mass is 10.1. The van der Waals surface area contributed by atoms with Gasteiger partial charge in [-0.1, -0.05) is 18.2 Å². The van der Waals surface area contributed by atoms with Crippen LogP contribution >= 0.6 is 0 Å². The molecular formula is C22H30FN3O. The molecule has 4 nitrogen and oxygen atoms in total. The molecule has 0 fully saturated rings. The quantitative estimate of drug-likeness (QED) is 0.660. The van der Waals surface area contributed by atoms with Gasteiger partial charge in [-0.25, -0.2) is 4.39 Å². The molecule has 27 heavy (non-hydrogen) atoms. The molecule has 0 aromatic heterocycles. The van der Waals surface area contributed by atoms with Crippen molar-refractivity contribution < 1.29 is 9.18 Å². The van der Waals surface area contributed by atoms with E-state index in [2.05, 4.69) is 54.5 Å². The lowest BCUT2D eigenvalue weighted by molar-refractivity contribution is -0.120. The monoisotopic (exact) mass is 371 g/mol. The fourth-order valence-electron chi connectivity index (χ4n) is 3.07. The fraction of sp³-hybridized carbons (Fsp3) is 0.409. The summed E-state index contributed by atoms with van der Waals surface area (Å²) in [6, 6.07) is 13.0. The molecule has 0 aliphatic heterocycles. The van der Waals surface area contributed by atoms with Gasteiger partial charge in [-0.2, -0.15) is 0 Å². The first kappa shape index (κ1) is 20.7. The molecule has 0 aliphatic rings. The van der Waals surface area contributed by atoms with E-state index in [1.54, 1.807) is 18.2 Å². The van der Waals surface area contributed by atoms with Crippen molar-refractivity contribution >= 4 is 17.3 Å². The molecule has 1 amide bonds. The predicted molar refractivity (Wildman–Crippen MR) is 111 cm³/mol. The zero-order valence-corrected chi connectivity index (χ0v) is 16.5. The minimum absolute atomic E-state index is 0.0312. The van der Waals surface area contributed by atoms with Gasteiger partial charge in [-0.3, -0.25) is 4.79 Å². The summed E-state index contributed by atoms with van der Waals surface area (Å²) in [5.74, 6) is -0.256. The van der Waals surface area contributed by atoms with Crippen molar-refractivity contribution in [1.82, 2.24) is 5.32 Å². The first-order chi connectivity index (χ1) is 13.0. The normalized spacial score (nSPS) is 10.5. The summed E-state index contributed by atoms with van der Waals surface area (Å²) in [4.78, 5) is 14.3. The Morgan fingerprint density at radius 2 is 1.81 bits per heavy atom. The third-order valence-electron chi connectivity index (χ3n) is 4.68. The number of amides is 1. The number of carbonyl (C=O) groups excluding carboxylic acids is 1. The molecule has 0 radical (unpaired) electrons. The van der Waals surface area contributed by atoms with Crippen molar-refractivity contribution in [3.8, 4) is 0 Å². The van der Waals surface area contributed by atoms with Crippen molar-refractivity contribution in [2.75, 3.05) is 36.4 Å². The molecule has 0 heterocycles. The lowest BCUT2D eigenvalue weighted by Gasteiger charge is -2.22. The Hall–Kier alpha value is -2.56. The van der Waals surface area contributed by atoms with Gasteiger partial charge in [0.25, 0.3) is 0 Å². The van der Waals surface area contributed by atoms with E-state index in [1.165, 1.54) is 17.3 Å². The van der Waals surface area contributed by atoms with Gasteiger partial charge in [0.2, 0.25) is 5.91 Å². The molecule has 0 atom stereocenters. The number of carbonyl (C=O) groups is 1. The van der Waals surface area contributed by atoms with Crippen LogP contribution < -0.4 is 15.5 Å². The predicted octanol–water partition coefficient (Wildman–Crippen LogP) is 4.14. The first-order valence-electron chi connectivity index (χ1n) is 9.64.